The monoisotopic (exact) mass is 751 g/mol. The summed E-state index contributed by atoms with van der Waals surface area (Å²) in [5, 5.41) is 12.4. The quantitative estimate of drug-likeness (QED) is 0.162. The SMILES string of the molecule is CC1(C)N=c2cccc(N(c3ccc(-c4ccc5ccccc5c4)c4c3=NC(C)(C)N=4)c3ccc(-c4ccc5ccc6ccccc6c5c4)c4c3=NC(C)(C)N=4)c2=N1. The van der Waals surface area contributed by atoms with Gasteiger partial charge in [0.15, 0.2) is 0 Å². The van der Waals surface area contributed by atoms with Crippen LogP contribution in [0.5, 0.6) is 0 Å². The van der Waals surface area contributed by atoms with Crippen molar-refractivity contribution in [1.82, 2.24) is 0 Å². The van der Waals surface area contributed by atoms with Crippen LogP contribution < -0.4 is 37.0 Å². The van der Waals surface area contributed by atoms with Crippen molar-refractivity contribution in [3.63, 3.8) is 0 Å². The highest BCUT2D eigenvalue weighted by molar-refractivity contribution is 6.08. The van der Waals surface area contributed by atoms with E-state index >= 15 is 0 Å². The molecule has 3 heterocycles. The van der Waals surface area contributed by atoms with E-state index in [4.69, 9.17) is 30.0 Å². The number of fused-ring (bicyclic) bond motifs is 7. The lowest BCUT2D eigenvalue weighted by Crippen LogP contribution is -2.38. The molecule has 0 aromatic heterocycles. The van der Waals surface area contributed by atoms with Crippen LogP contribution in [0.25, 0.3) is 54.6 Å². The maximum Gasteiger partial charge on any atom is 0.146 e. The fraction of sp³-hybridized carbons (Fsp3) is 0.176. The Bertz CT molecular complexity index is 3510. The molecule has 0 N–H and O–H groups in total. The van der Waals surface area contributed by atoms with Gasteiger partial charge in [0.1, 0.15) is 33.1 Å². The van der Waals surface area contributed by atoms with E-state index in [1.807, 2.05) is 19.9 Å². The topological polar surface area (TPSA) is 77.4 Å². The molecule has 3 aliphatic heterocycles. The first-order valence-corrected chi connectivity index (χ1v) is 20.0. The molecule has 58 heavy (non-hydrogen) atoms. The molecule has 0 fully saturated rings. The number of anilines is 3. The number of nitrogens with zero attached hydrogens (tertiary/aromatic N) is 7. The van der Waals surface area contributed by atoms with Gasteiger partial charge in [-0.3, -0.25) is 30.0 Å². The number of para-hydroxylation sites is 1. The summed E-state index contributed by atoms with van der Waals surface area (Å²) in [6, 6.07) is 49.8. The summed E-state index contributed by atoms with van der Waals surface area (Å²) in [6.45, 7) is 12.4. The maximum absolute atomic E-state index is 5.38. The molecule has 0 spiro atoms. The standard InChI is InChI=1S/C51H41N7/c1-49(2)52-40-16-11-17-41(46(40)55-49)58(42-26-24-37(44-47(42)56-50(3,4)53-44)34-22-18-30-12-7-8-14-33(30)28-34)43-27-25-38(45-48(43)57-51(5,6)54-45)35-23-21-32-20-19-31-13-9-10-15-36(31)39(32)29-35/h7-29H,1-6H3. The zero-order chi connectivity index (χ0) is 39.6. The lowest BCUT2D eigenvalue weighted by Gasteiger charge is -2.26. The van der Waals surface area contributed by atoms with Gasteiger partial charge in [-0.25, -0.2) is 0 Å². The van der Waals surface area contributed by atoms with E-state index < -0.39 is 17.0 Å². The van der Waals surface area contributed by atoms with Gasteiger partial charge in [-0.2, -0.15) is 0 Å². The Labute approximate surface area is 335 Å². The highest BCUT2D eigenvalue weighted by atomic mass is 15.2. The fourth-order valence-corrected chi connectivity index (χ4v) is 8.97. The van der Waals surface area contributed by atoms with E-state index in [2.05, 4.69) is 166 Å². The van der Waals surface area contributed by atoms with Crippen LogP contribution in [-0.4, -0.2) is 17.0 Å². The summed E-state index contributed by atoms with van der Waals surface area (Å²) in [6.07, 6.45) is 0. The van der Waals surface area contributed by atoms with Crippen LogP contribution in [0.3, 0.4) is 0 Å². The Balaban J connectivity index is 1.19. The minimum absolute atomic E-state index is 0.596. The second-order valence-corrected chi connectivity index (χ2v) is 17.1. The zero-order valence-corrected chi connectivity index (χ0v) is 33.4. The maximum atomic E-state index is 5.38. The molecular formula is C51H41N7. The Morgan fingerprint density at radius 2 is 0.828 bits per heavy atom. The van der Waals surface area contributed by atoms with Gasteiger partial charge < -0.3 is 4.90 Å². The molecule has 0 unspecified atom stereocenters. The van der Waals surface area contributed by atoms with Gasteiger partial charge in [-0.1, -0.05) is 91.0 Å². The number of hydrogen-bond donors (Lipinski definition) is 0. The molecule has 11 rings (SSSR count). The molecule has 7 heteroatoms. The minimum Gasteiger partial charge on any atom is -0.304 e. The molecule has 0 saturated heterocycles. The van der Waals surface area contributed by atoms with Crippen molar-refractivity contribution < 1.29 is 0 Å². The summed E-state index contributed by atoms with van der Waals surface area (Å²) in [4.78, 5) is 33.8. The van der Waals surface area contributed by atoms with Crippen molar-refractivity contribution in [2.24, 2.45) is 30.0 Å². The van der Waals surface area contributed by atoms with Crippen molar-refractivity contribution in [1.29, 1.82) is 0 Å². The molecule has 0 amide bonds. The van der Waals surface area contributed by atoms with E-state index in [1.165, 1.54) is 32.3 Å². The van der Waals surface area contributed by atoms with Crippen LogP contribution in [0.2, 0.25) is 0 Å². The molecule has 0 atom stereocenters. The first-order valence-electron chi connectivity index (χ1n) is 20.0. The zero-order valence-electron chi connectivity index (χ0n) is 33.4. The van der Waals surface area contributed by atoms with E-state index in [0.29, 0.717) is 0 Å². The number of hydrogen-bond acceptors (Lipinski definition) is 7. The fourth-order valence-electron chi connectivity index (χ4n) is 8.97. The highest BCUT2D eigenvalue weighted by Gasteiger charge is 2.31. The van der Waals surface area contributed by atoms with Gasteiger partial charge in [0, 0.05) is 11.1 Å². The number of rotatable bonds is 5. The molecule has 0 bridgehead atoms. The van der Waals surface area contributed by atoms with Crippen molar-refractivity contribution in [3.8, 4) is 22.3 Å². The van der Waals surface area contributed by atoms with E-state index in [-0.39, 0.29) is 0 Å². The van der Waals surface area contributed by atoms with Gasteiger partial charge >= 0.3 is 0 Å². The lowest BCUT2D eigenvalue weighted by molar-refractivity contribution is 0.549. The average molecular weight is 752 g/mol. The van der Waals surface area contributed by atoms with Crippen molar-refractivity contribution >= 4 is 49.4 Å². The third-order valence-electron chi connectivity index (χ3n) is 11.4. The molecule has 8 aromatic rings. The van der Waals surface area contributed by atoms with Crippen LogP contribution in [0.1, 0.15) is 41.5 Å². The molecule has 0 aliphatic carbocycles. The third-order valence-corrected chi connectivity index (χ3v) is 11.4. The number of benzene rings is 8. The van der Waals surface area contributed by atoms with Crippen LogP contribution in [0.4, 0.5) is 17.1 Å². The van der Waals surface area contributed by atoms with Gasteiger partial charge in [-0.15, -0.1) is 0 Å². The minimum atomic E-state index is -0.674. The predicted octanol–water partition coefficient (Wildman–Crippen LogP) is 8.92. The molecule has 0 saturated carbocycles. The molecule has 280 valence electrons. The Morgan fingerprint density at radius 1 is 0.345 bits per heavy atom. The van der Waals surface area contributed by atoms with Gasteiger partial charge in [0.25, 0.3) is 0 Å². The van der Waals surface area contributed by atoms with E-state index in [0.717, 1.165) is 71.5 Å². The van der Waals surface area contributed by atoms with Crippen molar-refractivity contribution in [2.45, 2.75) is 58.5 Å². The van der Waals surface area contributed by atoms with E-state index in [9.17, 15) is 0 Å². The Morgan fingerprint density at radius 3 is 1.50 bits per heavy atom. The van der Waals surface area contributed by atoms with Gasteiger partial charge in [0.2, 0.25) is 0 Å². The lowest BCUT2D eigenvalue weighted by atomic mass is 9.96. The average Bonchev–Trinajstić information content (AvgIpc) is 3.84. The van der Waals surface area contributed by atoms with Gasteiger partial charge in [-0.05, 0) is 134 Å². The normalized spacial score (nSPS) is 16.3. The molecular weight excluding hydrogens is 711 g/mol. The van der Waals surface area contributed by atoms with Gasteiger partial charge in [0.05, 0.1) is 33.1 Å². The third kappa shape index (κ3) is 5.48. The van der Waals surface area contributed by atoms with Crippen molar-refractivity contribution in [3.05, 3.63) is 172 Å². The smallest absolute Gasteiger partial charge is 0.146 e. The van der Waals surface area contributed by atoms with Crippen molar-refractivity contribution in [2.75, 3.05) is 4.90 Å². The summed E-state index contributed by atoms with van der Waals surface area (Å²) < 4.78 is 0. The molecule has 8 aromatic carbocycles. The highest BCUT2D eigenvalue weighted by Crippen LogP contribution is 2.34. The summed E-state index contributed by atoms with van der Waals surface area (Å²) >= 11 is 0. The summed E-state index contributed by atoms with van der Waals surface area (Å²) in [7, 11) is 0. The summed E-state index contributed by atoms with van der Waals surface area (Å²) in [5.74, 6) is 0. The first kappa shape index (κ1) is 34.4. The van der Waals surface area contributed by atoms with Crippen LogP contribution in [-0.2, 0) is 0 Å². The van der Waals surface area contributed by atoms with E-state index in [1.54, 1.807) is 0 Å². The predicted molar refractivity (Wildman–Crippen MR) is 234 cm³/mol. The second kappa shape index (κ2) is 12.1. The molecule has 0 radical (unpaired) electrons. The van der Waals surface area contributed by atoms with Crippen LogP contribution in [0, 0.1) is 0 Å². The largest absolute Gasteiger partial charge is 0.304 e. The molecule has 3 aliphatic rings. The van der Waals surface area contributed by atoms with Crippen LogP contribution in [0.15, 0.2) is 169 Å². The summed E-state index contributed by atoms with van der Waals surface area (Å²) in [5.41, 5.74) is 5.05. The molecule has 7 nitrogen and oxygen atoms in total. The Kier molecular flexibility index (Phi) is 7.16. The van der Waals surface area contributed by atoms with Crippen LogP contribution >= 0.6 is 0 Å². The second-order valence-electron chi connectivity index (χ2n) is 17.1. The Hall–Kier alpha value is -6.86. The first-order chi connectivity index (χ1) is 27.9.